The number of nitrogens with zero attached hydrogens (tertiary/aromatic N) is 4. The van der Waals surface area contributed by atoms with Crippen molar-refractivity contribution in [2.45, 2.75) is 45.1 Å². The van der Waals surface area contributed by atoms with Gasteiger partial charge in [-0.05, 0) is 62.5 Å². The Labute approximate surface area is 254 Å². The molecule has 2 aromatic heterocycles. The van der Waals surface area contributed by atoms with Crippen LogP contribution in [0.25, 0.3) is 22.4 Å². The summed E-state index contributed by atoms with van der Waals surface area (Å²) in [6.45, 7) is 5.32. The summed E-state index contributed by atoms with van der Waals surface area (Å²) < 4.78 is 18.3. The van der Waals surface area contributed by atoms with Crippen LogP contribution in [0.4, 0.5) is 0 Å². The monoisotopic (exact) mass is 610 g/mol. The lowest BCUT2D eigenvalue weighted by molar-refractivity contribution is -0.143. The molecule has 4 aromatic rings. The Morgan fingerprint density at radius 3 is 2.35 bits per heavy atom. The molecule has 0 saturated carbocycles. The molecule has 43 heavy (non-hydrogen) atoms. The van der Waals surface area contributed by atoms with Crippen molar-refractivity contribution in [3.05, 3.63) is 64.1 Å². The van der Waals surface area contributed by atoms with E-state index < -0.39 is 17.4 Å². The number of amides is 1. The molecule has 0 unspecified atom stereocenters. The largest absolute Gasteiger partial charge is 0.493 e. The maximum Gasteiger partial charge on any atom is 0.325 e. The van der Waals surface area contributed by atoms with Crippen molar-refractivity contribution in [3.8, 4) is 22.9 Å². The van der Waals surface area contributed by atoms with Gasteiger partial charge in [-0.15, -0.1) is 0 Å². The fourth-order valence-electron chi connectivity index (χ4n) is 4.26. The highest BCUT2D eigenvalue weighted by atomic mass is 32.2. The molecule has 2 heterocycles. The van der Waals surface area contributed by atoms with Gasteiger partial charge in [0.25, 0.3) is 5.56 Å². The molecular formula is C30H38N6O6S. The van der Waals surface area contributed by atoms with Gasteiger partial charge in [0.05, 0.1) is 26.5 Å². The topological polar surface area (TPSA) is 153 Å². The van der Waals surface area contributed by atoms with Gasteiger partial charge in [0, 0.05) is 17.5 Å². The summed E-state index contributed by atoms with van der Waals surface area (Å²) in [6, 6.07) is 13.3. The maximum absolute atomic E-state index is 13.5. The van der Waals surface area contributed by atoms with Crippen LogP contribution in [-0.2, 0) is 34.3 Å². The summed E-state index contributed by atoms with van der Waals surface area (Å²) >= 11 is 1.28. The van der Waals surface area contributed by atoms with E-state index >= 15 is 0 Å². The predicted molar refractivity (Wildman–Crippen MR) is 166 cm³/mol. The van der Waals surface area contributed by atoms with Gasteiger partial charge in [0.15, 0.2) is 17.0 Å². The van der Waals surface area contributed by atoms with Crippen molar-refractivity contribution < 1.29 is 23.8 Å². The number of esters is 1. The first-order chi connectivity index (χ1) is 20.7. The van der Waals surface area contributed by atoms with Crippen LogP contribution in [-0.4, -0.2) is 58.6 Å². The Balaban J connectivity index is 0.000000480. The average Bonchev–Trinajstić information content (AvgIpc) is 3.32. The molecule has 0 bridgehead atoms. The van der Waals surface area contributed by atoms with Gasteiger partial charge in [0.1, 0.15) is 24.4 Å². The highest BCUT2D eigenvalue weighted by molar-refractivity contribution is 7.97. The van der Waals surface area contributed by atoms with E-state index in [0.29, 0.717) is 40.2 Å². The number of ether oxygens (including phenoxy) is 3. The van der Waals surface area contributed by atoms with Crippen LogP contribution in [0.3, 0.4) is 0 Å². The number of aromatic nitrogens is 4. The van der Waals surface area contributed by atoms with Gasteiger partial charge in [-0.25, -0.2) is 4.98 Å². The van der Waals surface area contributed by atoms with E-state index in [1.54, 1.807) is 32.2 Å². The van der Waals surface area contributed by atoms with E-state index in [-0.39, 0.29) is 25.5 Å². The molecule has 2 aromatic carbocycles. The van der Waals surface area contributed by atoms with Gasteiger partial charge in [0.2, 0.25) is 5.91 Å². The van der Waals surface area contributed by atoms with Gasteiger partial charge >= 0.3 is 5.97 Å². The van der Waals surface area contributed by atoms with Gasteiger partial charge < -0.3 is 19.5 Å². The number of carbonyl (C=O) groups is 2. The lowest BCUT2D eigenvalue weighted by Gasteiger charge is -2.15. The molecule has 0 spiro atoms. The Morgan fingerprint density at radius 1 is 1.05 bits per heavy atom. The summed E-state index contributed by atoms with van der Waals surface area (Å²) in [5.74, 6) is 0.144. The standard InChI is InChI=1S/C23H29N5O6.C7H9NS/c1-6-8-15-20-21(27(3)26-15)23(31)28(13-18(29)24-12-19(30)34-7-2)22(25-20)14-9-10-16(32-4)17(11-14)33-5;1-6-2-4-7(9-8)5-3-6/h9-11H,6-8,12-13H2,1-5H3,(H,24,29);2-5H,8H2,1H3. The summed E-state index contributed by atoms with van der Waals surface area (Å²) in [5, 5.41) is 12.3. The molecule has 0 saturated heterocycles. The van der Waals surface area contributed by atoms with Crippen LogP contribution < -0.4 is 25.5 Å². The lowest BCUT2D eigenvalue weighted by atomic mass is 10.1. The SMILES string of the molecule is CCCc1nn(C)c2c(=O)n(CC(=O)NCC(=O)OCC)c(-c3ccc(OC)c(OC)c3)nc12.Cc1ccc(SN)cc1. The Bertz CT molecular complexity index is 1620. The number of rotatable bonds is 11. The number of carbonyl (C=O) groups excluding carboxylic acids is 2. The van der Waals surface area contributed by atoms with Crippen molar-refractivity contribution in [2.24, 2.45) is 12.2 Å². The van der Waals surface area contributed by atoms with Crippen LogP contribution in [0.2, 0.25) is 0 Å². The van der Waals surface area contributed by atoms with E-state index in [2.05, 4.69) is 29.5 Å². The van der Waals surface area contributed by atoms with Crippen molar-refractivity contribution in [1.29, 1.82) is 0 Å². The fraction of sp³-hybridized carbons (Fsp3) is 0.367. The molecule has 0 aliphatic carbocycles. The van der Waals surface area contributed by atoms with Crippen LogP contribution >= 0.6 is 11.9 Å². The Morgan fingerprint density at radius 2 is 1.74 bits per heavy atom. The first-order valence-corrected chi connectivity index (χ1v) is 14.6. The number of aryl methyl sites for hydroxylation is 3. The zero-order valence-electron chi connectivity index (χ0n) is 25.3. The van der Waals surface area contributed by atoms with Gasteiger partial charge in [-0.1, -0.05) is 31.0 Å². The second-order valence-corrected chi connectivity index (χ2v) is 10.1. The normalized spacial score (nSPS) is 10.6. The van der Waals surface area contributed by atoms with Crippen molar-refractivity contribution in [3.63, 3.8) is 0 Å². The van der Waals surface area contributed by atoms with Gasteiger partial charge in [-0.3, -0.25) is 28.8 Å². The number of benzene rings is 2. The highest BCUT2D eigenvalue weighted by Gasteiger charge is 2.22. The molecule has 0 aliphatic rings. The van der Waals surface area contributed by atoms with Crippen LogP contribution in [0.1, 0.15) is 31.5 Å². The summed E-state index contributed by atoms with van der Waals surface area (Å²) in [5.41, 5.74) is 2.90. The highest BCUT2D eigenvalue weighted by Crippen LogP contribution is 2.32. The van der Waals surface area contributed by atoms with Crippen LogP contribution in [0.15, 0.2) is 52.2 Å². The number of fused-ring (bicyclic) bond motifs is 1. The van der Waals surface area contributed by atoms with E-state index in [4.69, 9.17) is 24.3 Å². The molecule has 4 rings (SSSR count). The van der Waals surface area contributed by atoms with E-state index in [0.717, 1.165) is 11.3 Å². The minimum atomic E-state index is -0.562. The minimum absolute atomic E-state index is 0.207. The van der Waals surface area contributed by atoms with Gasteiger partial charge in [-0.2, -0.15) is 5.10 Å². The molecule has 1 amide bonds. The molecule has 13 heteroatoms. The molecule has 0 atom stereocenters. The number of nitrogens with two attached hydrogens (primary N) is 1. The molecule has 230 valence electrons. The fourth-order valence-corrected chi connectivity index (χ4v) is 4.56. The maximum atomic E-state index is 13.5. The molecule has 0 aliphatic heterocycles. The third-order valence-corrected chi connectivity index (χ3v) is 6.88. The zero-order valence-corrected chi connectivity index (χ0v) is 26.1. The first kappa shape index (κ1) is 33.1. The lowest BCUT2D eigenvalue weighted by Crippen LogP contribution is -2.37. The Hall–Kier alpha value is -4.36. The second kappa shape index (κ2) is 15.8. The number of methoxy groups -OCH3 is 2. The minimum Gasteiger partial charge on any atom is -0.493 e. The molecule has 3 N–H and O–H groups in total. The first-order valence-electron chi connectivity index (χ1n) is 13.7. The van der Waals surface area contributed by atoms with Crippen molar-refractivity contribution >= 4 is 34.9 Å². The second-order valence-electron chi connectivity index (χ2n) is 9.43. The van der Waals surface area contributed by atoms with Crippen molar-refractivity contribution in [1.82, 2.24) is 24.6 Å². The summed E-state index contributed by atoms with van der Waals surface area (Å²) in [4.78, 5) is 43.7. The summed E-state index contributed by atoms with van der Waals surface area (Å²) in [7, 11) is 4.71. The molecule has 0 fully saturated rings. The Kier molecular flexibility index (Phi) is 12.1. The molecule has 12 nitrogen and oxygen atoms in total. The van der Waals surface area contributed by atoms with Crippen LogP contribution in [0, 0.1) is 6.92 Å². The predicted octanol–water partition coefficient (Wildman–Crippen LogP) is 3.41. The van der Waals surface area contributed by atoms with Crippen molar-refractivity contribution in [2.75, 3.05) is 27.4 Å². The van der Waals surface area contributed by atoms with Crippen LogP contribution in [0.5, 0.6) is 11.5 Å². The third kappa shape index (κ3) is 8.36. The quantitative estimate of drug-likeness (QED) is 0.191. The third-order valence-electron chi connectivity index (χ3n) is 6.34. The average molecular weight is 611 g/mol. The summed E-state index contributed by atoms with van der Waals surface area (Å²) in [6.07, 6.45) is 1.48. The number of nitrogens with one attached hydrogen (secondary N) is 1. The smallest absolute Gasteiger partial charge is 0.325 e. The van der Waals surface area contributed by atoms with E-state index in [9.17, 15) is 14.4 Å². The number of hydrogen-bond acceptors (Lipinski definition) is 10. The molecule has 0 radical (unpaired) electrons. The van der Waals surface area contributed by atoms with E-state index in [1.165, 1.54) is 41.0 Å². The molecular weight excluding hydrogens is 572 g/mol. The number of hydrogen-bond donors (Lipinski definition) is 2. The van der Waals surface area contributed by atoms with E-state index in [1.807, 2.05) is 19.1 Å². The zero-order chi connectivity index (χ0) is 31.5.